The van der Waals surface area contributed by atoms with Gasteiger partial charge in [0.1, 0.15) is 5.82 Å². The number of ether oxygens (including phenoxy) is 1. The second-order valence-electron chi connectivity index (χ2n) is 4.20. The van der Waals surface area contributed by atoms with Gasteiger partial charge < -0.3 is 15.8 Å². The highest BCUT2D eigenvalue weighted by molar-refractivity contribution is 5.44. The van der Waals surface area contributed by atoms with Crippen LogP contribution in [0.5, 0.6) is 0 Å². The summed E-state index contributed by atoms with van der Waals surface area (Å²) in [4.78, 5) is 0. The molecule has 1 aromatic rings. The Morgan fingerprint density at radius 1 is 1.53 bits per heavy atom. The van der Waals surface area contributed by atoms with Crippen molar-refractivity contribution in [2.45, 2.75) is 25.5 Å². The van der Waals surface area contributed by atoms with Gasteiger partial charge in [-0.15, -0.1) is 0 Å². The van der Waals surface area contributed by atoms with Gasteiger partial charge in [0.25, 0.3) is 0 Å². The molecule has 1 atom stereocenters. The fraction of sp³-hybridized carbons (Fsp3) is 0.700. The van der Waals surface area contributed by atoms with E-state index in [0.29, 0.717) is 12.6 Å². The average Bonchev–Trinajstić information content (AvgIpc) is 2.87. The monoisotopic (exact) mass is 208 g/mol. The number of hydrogen-bond donors (Lipinski definition) is 2. The van der Waals surface area contributed by atoms with E-state index < -0.39 is 0 Å². The molecule has 0 bridgehead atoms. The minimum atomic E-state index is 0.426. The van der Waals surface area contributed by atoms with Crippen molar-refractivity contribution in [2.75, 3.05) is 25.4 Å². The summed E-state index contributed by atoms with van der Waals surface area (Å²) in [6.07, 6.45) is 2.02. The fourth-order valence-electron chi connectivity index (χ4n) is 2.39. The largest absolute Gasteiger partial charge is 0.384 e. The molecular weight excluding hydrogens is 192 g/mol. The van der Waals surface area contributed by atoms with Gasteiger partial charge >= 0.3 is 0 Å². The summed E-state index contributed by atoms with van der Waals surface area (Å²) in [6, 6.07) is 0.426. The zero-order chi connectivity index (χ0) is 10.3. The Morgan fingerprint density at radius 2 is 2.47 bits per heavy atom. The van der Waals surface area contributed by atoms with Gasteiger partial charge in [-0.2, -0.15) is 5.10 Å². The molecule has 0 spiro atoms. The lowest BCUT2D eigenvalue weighted by Crippen LogP contribution is -2.16. The first-order valence-electron chi connectivity index (χ1n) is 5.50. The molecule has 82 valence electrons. The van der Waals surface area contributed by atoms with Crippen molar-refractivity contribution < 1.29 is 4.74 Å². The minimum Gasteiger partial charge on any atom is -0.384 e. The smallest absolute Gasteiger partial charge is 0.125 e. The van der Waals surface area contributed by atoms with E-state index in [2.05, 4.69) is 10.4 Å². The van der Waals surface area contributed by atoms with Crippen molar-refractivity contribution in [2.24, 2.45) is 0 Å². The van der Waals surface area contributed by atoms with Crippen LogP contribution in [0.2, 0.25) is 0 Å². The Labute approximate surface area is 88.6 Å². The third-order valence-corrected chi connectivity index (χ3v) is 3.25. The standard InChI is InChI=1S/C10H16N4O/c11-10-8-2-4-15-6-9(8)13-14(10)7-1-3-12-5-7/h7,12H,1-6,11H2. The topological polar surface area (TPSA) is 65.1 Å². The minimum absolute atomic E-state index is 0.426. The van der Waals surface area contributed by atoms with Crippen molar-refractivity contribution in [3.63, 3.8) is 0 Å². The Kier molecular flexibility index (Phi) is 2.14. The molecule has 3 heterocycles. The molecule has 0 saturated carbocycles. The molecule has 5 heteroatoms. The predicted octanol–water partition coefficient (Wildman–Crippen LogP) is 0.0724. The van der Waals surface area contributed by atoms with E-state index in [4.69, 9.17) is 10.5 Å². The molecule has 3 rings (SSSR count). The van der Waals surface area contributed by atoms with Crippen LogP contribution in [0.3, 0.4) is 0 Å². The molecular formula is C10H16N4O. The summed E-state index contributed by atoms with van der Waals surface area (Å²) in [5.74, 6) is 0.849. The van der Waals surface area contributed by atoms with Gasteiger partial charge in [-0.3, -0.25) is 0 Å². The maximum Gasteiger partial charge on any atom is 0.125 e. The molecule has 1 saturated heterocycles. The Balaban J connectivity index is 1.97. The van der Waals surface area contributed by atoms with Crippen LogP contribution in [0, 0.1) is 0 Å². The molecule has 0 aromatic carbocycles. The summed E-state index contributed by atoms with van der Waals surface area (Å²) >= 11 is 0. The quantitative estimate of drug-likeness (QED) is 0.685. The first kappa shape index (κ1) is 9.18. The van der Waals surface area contributed by atoms with Gasteiger partial charge in [0.2, 0.25) is 0 Å². The zero-order valence-electron chi connectivity index (χ0n) is 8.70. The van der Waals surface area contributed by atoms with Crippen LogP contribution >= 0.6 is 0 Å². The lowest BCUT2D eigenvalue weighted by molar-refractivity contribution is 0.108. The summed E-state index contributed by atoms with van der Waals surface area (Å²) in [5.41, 5.74) is 8.36. The fourth-order valence-corrected chi connectivity index (χ4v) is 2.39. The number of anilines is 1. The first-order chi connectivity index (χ1) is 7.36. The maximum atomic E-state index is 6.12. The first-order valence-corrected chi connectivity index (χ1v) is 5.50. The van der Waals surface area contributed by atoms with Crippen LogP contribution in [0.1, 0.15) is 23.7 Å². The lowest BCUT2D eigenvalue weighted by Gasteiger charge is -2.11. The van der Waals surface area contributed by atoms with Gasteiger partial charge in [-0.05, 0) is 13.0 Å². The highest BCUT2D eigenvalue weighted by Gasteiger charge is 2.25. The van der Waals surface area contributed by atoms with Crippen molar-refractivity contribution in [3.8, 4) is 0 Å². The van der Waals surface area contributed by atoms with Gasteiger partial charge in [-0.1, -0.05) is 0 Å². The van der Waals surface area contributed by atoms with E-state index in [1.54, 1.807) is 0 Å². The molecule has 1 fully saturated rings. The number of aromatic nitrogens is 2. The van der Waals surface area contributed by atoms with Crippen molar-refractivity contribution in [3.05, 3.63) is 11.3 Å². The van der Waals surface area contributed by atoms with E-state index in [1.165, 1.54) is 5.56 Å². The van der Waals surface area contributed by atoms with Crippen molar-refractivity contribution in [1.29, 1.82) is 0 Å². The van der Waals surface area contributed by atoms with Gasteiger partial charge in [0.05, 0.1) is 24.9 Å². The van der Waals surface area contributed by atoms with E-state index in [-0.39, 0.29) is 0 Å². The number of nitrogens with two attached hydrogens (primary N) is 1. The predicted molar refractivity (Wildman–Crippen MR) is 56.5 cm³/mol. The summed E-state index contributed by atoms with van der Waals surface area (Å²) < 4.78 is 7.37. The van der Waals surface area contributed by atoms with E-state index in [9.17, 15) is 0 Å². The highest BCUT2D eigenvalue weighted by Crippen LogP contribution is 2.27. The Bertz CT molecular complexity index is 368. The van der Waals surface area contributed by atoms with Crippen LogP contribution < -0.4 is 11.1 Å². The van der Waals surface area contributed by atoms with Crippen LogP contribution in [0.4, 0.5) is 5.82 Å². The van der Waals surface area contributed by atoms with Crippen LogP contribution in [0.15, 0.2) is 0 Å². The van der Waals surface area contributed by atoms with E-state index in [1.807, 2.05) is 4.68 Å². The number of rotatable bonds is 1. The summed E-state index contributed by atoms with van der Waals surface area (Å²) in [5, 5.41) is 7.89. The van der Waals surface area contributed by atoms with Gasteiger partial charge in [0, 0.05) is 18.5 Å². The van der Waals surface area contributed by atoms with E-state index >= 15 is 0 Å². The molecule has 0 radical (unpaired) electrons. The van der Waals surface area contributed by atoms with Gasteiger partial charge in [0.15, 0.2) is 0 Å². The van der Waals surface area contributed by atoms with Crippen LogP contribution in [-0.2, 0) is 17.8 Å². The van der Waals surface area contributed by atoms with Crippen LogP contribution in [-0.4, -0.2) is 29.5 Å². The third kappa shape index (κ3) is 1.42. The molecule has 0 aliphatic carbocycles. The molecule has 15 heavy (non-hydrogen) atoms. The van der Waals surface area contributed by atoms with Crippen molar-refractivity contribution in [1.82, 2.24) is 15.1 Å². The molecule has 1 unspecified atom stereocenters. The molecule has 5 nitrogen and oxygen atoms in total. The van der Waals surface area contributed by atoms with Gasteiger partial charge in [-0.25, -0.2) is 4.68 Å². The summed E-state index contributed by atoms with van der Waals surface area (Å²) in [7, 11) is 0. The number of nitrogens with one attached hydrogen (secondary N) is 1. The Hall–Kier alpha value is -1.07. The second-order valence-corrected chi connectivity index (χ2v) is 4.20. The molecule has 0 amide bonds. The third-order valence-electron chi connectivity index (χ3n) is 3.25. The highest BCUT2D eigenvalue weighted by atomic mass is 16.5. The number of nitrogens with zero attached hydrogens (tertiary/aromatic N) is 2. The summed E-state index contributed by atoms with van der Waals surface area (Å²) in [6.45, 7) is 3.43. The lowest BCUT2D eigenvalue weighted by atomic mass is 10.1. The molecule has 3 N–H and O–H groups in total. The number of nitrogen functional groups attached to an aromatic ring is 1. The van der Waals surface area contributed by atoms with Crippen molar-refractivity contribution >= 4 is 5.82 Å². The molecule has 2 aliphatic heterocycles. The molecule has 1 aromatic heterocycles. The number of hydrogen-bond acceptors (Lipinski definition) is 4. The SMILES string of the molecule is Nc1c2c(nn1C1CCNC1)COCC2. The second kappa shape index (κ2) is 3.50. The normalized spacial score (nSPS) is 25.5. The average molecular weight is 208 g/mol. The van der Waals surface area contributed by atoms with Crippen LogP contribution in [0.25, 0.3) is 0 Å². The molecule has 2 aliphatic rings. The van der Waals surface area contributed by atoms with E-state index in [0.717, 1.165) is 44.0 Å². The maximum absolute atomic E-state index is 6.12. The zero-order valence-corrected chi connectivity index (χ0v) is 8.70. The number of fused-ring (bicyclic) bond motifs is 1. The Morgan fingerprint density at radius 3 is 3.20 bits per heavy atom.